The van der Waals surface area contributed by atoms with E-state index in [1.807, 2.05) is 72.5 Å². The van der Waals surface area contributed by atoms with Crippen molar-refractivity contribution in [3.63, 3.8) is 0 Å². The van der Waals surface area contributed by atoms with E-state index < -0.39 is 0 Å². The van der Waals surface area contributed by atoms with Gasteiger partial charge in [0.05, 0.1) is 6.54 Å². The van der Waals surface area contributed by atoms with Crippen molar-refractivity contribution in [1.29, 1.82) is 0 Å². The summed E-state index contributed by atoms with van der Waals surface area (Å²) in [6.45, 7) is 4.93. The van der Waals surface area contributed by atoms with E-state index in [1.54, 1.807) is 0 Å². The maximum absolute atomic E-state index is 13.2. The van der Waals surface area contributed by atoms with Crippen LogP contribution < -0.4 is 5.56 Å². The molecule has 0 fully saturated rings. The molecule has 0 saturated carbocycles. The molecule has 1 aromatic heterocycles. The molecule has 28 heavy (non-hydrogen) atoms. The van der Waals surface area contributed by atoms with Crippen LogP contribution in [0.1, 0.15) is 41.9 Å². The minimum Gasteiger partial charge on any atom is -0.330 e. The predicted molar refractivity (Wildman–Crippen MR) is 110 cm³/mol. The lowest BCUT2D eigenvalue weighted by Crippen LogP contribution is -2.39. The maximum Gasteiger partial charge on any atom is 0.274 e. The van der Waals surface area contributed by atoms with Gasteiger partial charge in [-0.05, 0) is 30.5 Å². The van der Waals surface area contributed by atoms with Crippen LogP contribution in [0.4, 0.5) is 0 Å². The molecular weight excluding hydrogens is 350 g/mol. The fourth-order valence-electron chi connectivity index (χ4n) is 3.01. The van der Waals surface area contributed by atoms with Crippen molar-refractivity contribution in [3.05, 3.63) is 100.0 Å². The molecule has 0 aliphatic heterocycles. The van der Waals surface area contributed by atoms with Crippen molar-refractivity contribution in [2.24, 2.45) is 0 Å². The molecule has 1 amide bonds. The molecule has 144 valence electrons. The third kappa shape index (κ3) is 4.74. The molecule has 0 aliphatic rings. The van der Waals surface area contributed by atoms with Gasteiger partial charge in [0.2, 0.25) is 0 Å². The normalized spacial score (nSPS) is 11.8. The predicted octanol–water partition coefficient (Wildman–Crippen LogP) is 3.73. The Morgan fingerprint density at radius 2 is 1.57 bits per heavy atom. The van der Waals surface area contributed by atoms with Crippen LogP contribution in [0.3, 0.4) is 0 Å². The Kier molecular flexibility index (Phi) is 6.37. The molecule has 5 heteroatoms. The van der Waals surface area contributed by atoms with Crippen molar-refractivity contribution >= 4 is 5.91 Å². The summed E-state index contributed by atoms with van der Waals surface area (Å²) in [5, 5.41) is 4.36. The summed E-state index contributed by atoms with van der Waals surface area (Å²) < 4.78 is 1.35. The molecule has 3 aromatic rings. The van der Waals surface area contributed by atoms with Gasteiger partial charge in [-0.3, -0.25) is 9.59 Å². The Morgan fingerprint density at radius 1 is 0.964 bits per heavy atom. The Labute approximate surface area is 165 Å². The molecule has 1 unspecified atom stereocenters. The number of rotatable bonds is 7. The van der Waals surface area contributed by atoms with Crippen molar-refractivity contribution < 1.29 is 4.79 Å². The number of nitrogens with zero attached hydrogens (tertiary/aromatic N) is 3. The van der Waals surface area contributed by atoms with Crippen LogP contribution >= 0.6 is 0 Å². The first-order valence-electron chi connectivity index (χ1n) is 9.55. The monoisotopic (exact) mass is 375 g/mol. The summed E-state index contributed by atoms with van der Waals surface area (Å²) in [5.74, 6) is -0.167. The van der Waals surface area contributed by atoms with Gasteiger partial charge in [-0.1, -0.05) is 67.6 Å². The lowest BCUT2D eigenvalue weighted by Gasteiger charge is -2.28. The van der Waals surface area contributed by atoms with E-state index in [9.17, 15) is 9.59 Å². The number of hydrogen-bond donors (Lipinski definition) is 0. The average Bonchev–Trinajstić information content (AvgIpc) is 2.74. The largest absolute Gasteiger partial charge is 0.330 e. The highest BCUT2D eigenvalue weighted by atomic mass is 16.2. The van der Waals surface area contributed by atoms with Crippen LogP contribution in [0.25, 0.3) is 0 Å². The van der Waals surface area contributed by atoms with Gasteiger partial charge in [-0.25, -0.2) is 4.68 Å². The van der Waals surface area contributed by atoms with Crippen LogP contribution in [0, 0.1) is 0 Å². The maximum atomic E-state index is 13.2. The molecule has 0 saturated heterocycles. The zero-order valence-electron chi connectivity index (χ0n) is 16.3. The zero-order valence-corrected chi connectivity index (χ0v) is 16.3. The summed E-state index contributed by atoms with van der Waals surface area (Å²) in [6.07, 6.45) is 0.836. The van der Waals surface area contributed by atoms with Crippen LogP contribution in [0.5, 0.6) is 0 Å². The number of carbonyl (C=O) groups is 1. The molecule has 0 radical (unpaired) electrons. The first-order chi connectivity index (χ1) is 13.6. The van der Waals surface area contributed by atoms with E-state index in [-0.39, 0.29) is 23.2 Å². The first-order valence-corrected chi connectivity index (χ1v) is 9.55. The molecule has 0 spiro atoms. The summed E-state index contributed by atoms with van der Waals surface area (Å²) in [5.41, 5.74) is 2.09. The number of carbonyl (C=O) groups excluding carboxylic acids is 1. The second-order valence-corrected chi connectivity index (χ2v) is 6.88. The lowest BCUT2D eigenvalue weighted by atomic mass is 10.1. The smallest absolute Gasteiger partial charge is 0.274 e. The minimum atomic E-state index is -0.224. The van der Waals surface area contributed by atoms with E-state index in [1.165, 1.54) is 16.8 Å². The zero-order chi connectivity index (χ0) is 19.9. The minimum absolute atomic E-state index is 0.0593. The Bertz CT molecular complexity index is 968. The summed E-state index contributed by atoms with van der Waals surface area (Å²) in [7, 11) is 0. The van der Waals surface area contributed by atoms with E-state index in [0.29, 0.717) is 13.1 Å². The summed E-state index contributed by atoms with van der Waals surface area (Å²) >= 11 is 0. The first kappa shape index (κ1) is 19.5. The molecular formula is C23H25N3O2. The van der Waals surface area contributed by atoms with Gasteiger partial charge >= 0.3 is 0 Å². The van der Waals surface area contributed by atoms with E-state index in [4.69, 9.17) is 0 Å². The SMILES string of the molecule is CCC(C)N(Cc1ccccc1)C(=O)c1ccc(=O)n(Cc2ccccc2)n1. The quantitative estimate of drug-likeness (QED) is 0.632. The van der Waals surface area contributed by atoms with Gasteiger partial charge in [0.1, 0.15) is 5.69 Å². The van der Waals surface area contributed by atoms with Crippen LogP contribution in [-0.4, -0.2) is 26.6 Å². The number of benzene rings is 2. The number of aromatic nitrogens is 2. The van der Waals surface area contributed by atoms with E-state index >= 15 is 0 Å². The molecule has 1 atom stereocenters. The van der Waals surface area contributed by atoms with Gasteiger partial charge in [0, 0.05) is 18.7 Å². The van der Waals surface area contributed by atoms with Crippen molar-refractivity contribution in [3.8, 4) is 0 Å². The molecule has 5 nitrogen and oxygen atoms in total. The second-order valence-electron chi connectivity index (χ2n) is 6.88. The standard InChI is InChI=1S/C23H25N3O2/c1-3-18(2)25(16-19-10-6-4-7-11-19)23(28)21-14-15-22(27)26(24-21)17-20-12-8-5-9-13-20/h4-15,18H,3,16-17H2,1-2H3. The third-order valence-corrected chi connectivity index (χ3v) is 4.84. The molecule has 2 aromatic carbocycles. The Hall–Kier alpha value is -3.21. The average molecular weight is 375 g/mol. The molecule has 0 bridgehead atoms. The van der Waals surface area contributed by atoms with Crippen molar-refractivity contribution in [2.45, 2.75) is 39.4 Å². The fraction of sp³-hybridized carbons (Fsp3) is 0.261. The third-order valence-electron chi connectivity index (χ3n) is 4.84. The van der Waals surface area contributed by atoms with E-state index in [0.717, 1.165) is 17.5 Å². The van der Waals surface area contributed by atoms with Gasteiger partial charge in [-0.15, -0.1) is 0 Å². The van der Waals surface area contributed by atoms with Gasteiger partial charge in [0.15, 0.2) is 0 Å². The fourth-order valence-corrected chi connectivity index (χ4v) is 3.01. The van der Waals surface area contributed by atoms with Gasteiger partial charge in [0.25, 0.3) is 11.5 Å². The van der Waals surface area contributed by atoms with Crippen LogP contribution in [0.15, 0.2) is 77.6 Å². The lowest BCUT2D eigenvalue weighted by molar-refractivity contribution is 0.0662. The van der Waals surface area contributed by atoms with Crippen molar-refractivity contribution in [1.82, 2.24) is 14.7 Å². The van der Waals surface area contributed by atoms with E-state index in [2.05, 4.69) is 12.0 Å². The Morgan fingerprint density at radius 3 is 2.18 bits per heavy atom. The summed E-state index contributed by atoms with van der Waals surface area (Å²) in [4.78, 5) is 27.3. The topological polar surface area (TPSA) is 55.2 Å². The molecule has 0 aliphatic carbocycles. The van der Waals surface area contributed by atoms with Crippen molar-refractivity contribution in [2.75, 3.05) is 0 Å². The molecule has 3 rings (SSSR count). The summed E-state index contributed by atoms with van der Waals surface area (Å²) in [6, 6.07) is 22.5. The van der Waals surface area contributed by atoms with Gasteiger partial charge in [-0.2, -0.15) is 5.10 Å². The van der Waals surface area contributed by atoms with Crippen LogP contribution in [-0.2, 0) is 13.1 Å². The number of amides is 1. The molecule has 0 N–H and O–H groups in total. The highest BCUT2D eigenvalue weighted by Crippen LogP contribution is 2.14. The Balaban J connectivity index is 1.88. The highest BCUT2D eigenvalue weighted by molar-refractivity contribution is 5.92. The number of hydrogen-bond acceptors (Lipinski definition) is 3. The molecule has 1 heterocycles. The van der Waals surface area contributed by atoms with Crippen LogP contribution in [0.2, 0.25) is 0 Å². The second kappa shape index (κ2) is 9.13. The van der Waals surface area contributed by atoms with Gasteiger partial charge < -0.3 is 4.90 Å². The highest BCUT2D eigenvalue weighted by Gasteiger charge is 2.22.